The second kappa shape index (κ2) is 15.8. The van der Waals surface area contributed by atoms with Gasteiger partial charge in [0.2, 0.25) is 5.91 Å². The van der Waals surface area contributed by atoms with Gasteiger partial charge in [-0.3, -0.25) is 14.7 Å². The maximum absolute atomic E-state index is 13.5. The van der Waals surface area contributed by atoms with Crippen LogP contribution in [0.15, 0.2) is 42.6 Å². The summed E-state index contributed by atoms with van der Waals surface area (Å²) in [4.78, 5) is 20.6. The summed E-state index contributed by atoms with van der Waals surface area (Å²) in [6, 6.07) is 11.0. The van der Waals surface area contributed by atoms with Crippen molar-refractivity contribution in [3.8, 4) is 11.8 Å². The third kappa shape index (κ3) is 10.2. The van der Waals surface area contributed by atoms with Gasteiger partial charge in [-0.2, -0.15) is 13.2 Å². The first-order valence-corrected chi connectivity index (χ1v) is 15.5. The zero-order chi connectivity index (χ0) is 33.3. The molecule has 250 valence electrons. The predicted octanol–water partition coefficient (Wildman–Crippen LogP) is 2.62. The first-order valence-electron chi connectivity index (χ1n) is 15.5. The van der Waals surface area contributed by atoms with Crippen molar-refractivity contribution in [2.75, 3.05) is 57.8 Å². The van der Waals surface area contributed by atoms with Crippen LogP contribution in [0, 0.1) is 11.8 Å². The van der Waals surface area contributed by atoms with E-state index < -0.39 is 18.3 Å². The lowest BCUT2D eigenvalue weighted by Crippen LogP contribution is -2.48. The van der Waals surface area contributed by atoms with Gasteiger partial charge in [0.15, 0.2) is 0 Å². The average Bonchev–Trinajstić information content (AvgIpc) is 3.33. The molecule has 3 aromatic rings. The van der Waals surface area contributed by atoms with Gasteiger partial charge in [0.1, 0.15) is 6.54 Å². The molecule has 0 atom stereocenters. The van der Waals surface area contributed by atoms with E-state index >= 15 is 0 Å². The lowest BCUT2D eigenvalue weighted by molar-refractivity contribution is -0.140. The Morgan fingerprint density at radius 1 is 1.11 bits per heavy atom. The molecule has 1 fully saturated rings. The zero-order valence-corrected chi connectivity index (χ0v) is 26.4. The lowest BCUT2D eigenvalue weighted by Gasteiger charge is -2.34. The van der Waals surface area contributed by atoms with E-state index in [2.05, 4.69) is 27.5 Å². The number of piperidine rings is 1. The first-order chi connectivity index (χ1) is 21.9. The number of hydrogen-bond acceptors (Lipinski definition) is 8. The number of anilines is 1. The van der Waals surface area contributed by atoms with Crippen LogP contribution >= 0.6 is 0 Å². The van der Waals surface area contributed by atoms with E-state index in [4.69, 9.17) is 5.73 Å². The topological polar surface area (TPSA) is 132 Å². The van der Waals surface area contributed by atoms with Crippen molar-refractivity contribution in [3.05, 3.63) is 59.5 Å². The number of aromatic nitrogens is 2. The number of aliphatic hydroxyl groups is 2. The van der Waals surface area contributed by atoms with Gasteiger partial charge in [-0.25, -0.2) is 0 Å². The minimum atomic E-state index is -4.41. The lowest BCUT2D eigenvalue weighted by atomic mass is 10.0. The fraction of sp³-hybridized carbons (Fsp3) is 0.515. The van der Waals surface area contributed by atoms with Crippen LogP contribution < -0.4 is 16.4 Å². The number of carbonyl (C=O) groups excluding carboxylic acids is 1. The highest BCUT2D eigenvalue weighted by atomic mass is 19.4. The van der Waals surface area contributed by atoms with Gasteiger partial charge in [-0.15, -0.1) is 0 Å². The number of carbonyl (C=O) groups is 1. The second-order valence-electron chi connectivity index (χ2n) is 12.2. The standard InChI is InChI=1S/C33H44F3N7O3/c1-32(2,37)30-8-6-27(21-40-30)38-11-3-4-28-19-25-18-24(5-7-29(25)43(28)23-33(34,35)36)20-39-26-9-12-42(13-10-26)31(46)22-41(14-16-44)15-17-45/h5-8,18-19,21,26,38-39,44-45H,9-17,20,22-23,37H2,1-2H3. The third-order valence-electron chi connectivity index (χ3n) is 7.96. The van der Waals surface area contributed by atoms with Crippen LogP contribution in [0.4, 0.5) is 18.9 Å². The number of fused-ring (bicyclic) bond motifs is 1. The summed E-state index contributed by atoms with van der Waals surface area (Å²) in [5.74, 6) is 5.82. The van der Waals surface area contributed by atoms with E-state index in [1.54, 1.807) is 23.2 Å². The van der Waals surface area contributed by atoms with E-state index in [9.17, 15) is 28.2 Å². The molecular formula is C33H44F3N7O3. The molecule has 0 unspecified atom stereocenters. The number of nitrogens with one attached hydrogen (secondary N) is 2. The molecule has 1 aromatic carbocycles. The minimum Gasteiger partial charge on any atom is -0.395 e. The van der Waals surface area contributed by atoms with Crippen molar-refractivity contribution in [1.29, 1.82) is 0 Å². The number of halogens is 3. The maximum atomic E-state index is 13.5. The number of amides is 1. The molecule has 1 saturated heterocycles. The fourth-order valence-electron chi connectivity index (χ4n) is 5.48. The highest BCUT2D eigenvalue weighted by Crippen LogP contribution is 2.26. The second-order valence-corrected chi connectivity index (χ2v) is 12.2. The molecule has 1 aliphatic rings. The van der Waals surface area contributed by atoms with Crippen molar-refractivity contribution < 1.29 is 28.2 Å². The van der Waals surface area contributed by atoms with Crippen LogP contribution in [0.3, 0.4) is 0 Å². The van der Waals surface area contributed by atoms with Crippen molar-refractivity contribution in [2.24, 2.45) is 5.73 Å². The summed E-state index contributed by atoms with van der Waals surface area (Å²) in [6.45, 7) is 5.24. The Bertz CT molecular complexity index is 1490. The molecule has 0 radical (unpaired) electrons. The molecule has 0 bridgehead atoms. The quantitative estimate of drug-likeness (QED) is 0.180. The van der Waals surface area contributed by atoms with Gasteiger partial charge in [-0.05, 0) is 68.5 Å². The highest BCUT2D eigenvalue weighted by molar-refractivity contribution is 5.83. The highest BCUT2D eigenvalue weighted by Gasteiger charge is 2.30. The summed E-state index contributed by atoms with van der Waals surface area (Å²) in [5, 5.41) is 25.7. The number of hydrogen-bond donors (Lipinski definition) is 5. The first kappa shape index (κ1) is 35.2. The van der Waals surface area contributed by atoms with Gasteiger partial charge in [0.05, 0.1) is 55.1 Å². The summed E-state index contributed by atoms with van der Waals surface area (Å²) >= 11 is 0. The van der Waals surface area contributed by atoms with Gasteiger partial charge in [0, 0.05) is 49.7 Å². The van der Waals surface area contributed by atoms with Crippen LogP contribution in [0.25, 0.3) is 10.9 Å². The zero-order valence-electron chi connectivity index (χ0n) is 26.4. The van der Waals surface area contributed by atoms with E-state index in [0.717, 1.165) is 29.8 Å². The Morgan fingerprint density at radius 2 is 1.83 bits per heavy atom. The maximum Gasteiger partial charge on any atom is 0.406 e. The van der Waals surface area contributed by atoms with Gasteiger partial charge in [-0.1, -0.05) is 12.0 Å². The van der Waals surface area contributed by atoms with Gasteiger partial charge < -0.3 is 36.0 Å². The largest absolute Gasteiger partial charge is 0.406 e. The van der Waals surface area contributed by atoms with Crippen LogP contribution in [-0.2, 0) is 23.4 Å². The molecule has 0 saturated carbocycles. The normalized spacial score (nSPS) is 14.5. The number of alkyl halides is 3. The van der Waals surface area contributed by atoms with Crippen molar-refractivity contribution >= 4 is 22.5 Å². The number of nitrogens with two attached hydrogens (primary N) is 1. The Balaban J connectivity index is 1.36. The number of benzene rings is 1. The molecule has 13 heteroatoms. The number of aliphatic hydroxyl groups excluding tert-OH is 2. The number of rotatable bonds is 13. The Labute approximate surface area is 267 Å². The molecule has 1 aliphatic heterocycles. The summed E-state index contributed by atoms with van der Waals surface area (Å²) in [6.07, 6.45) is -1.21. The van der Waals surface area contributed by atoms with E-state index in [-0.39, 0.29) is 43.9 Å². The summed E-state index contributed by atoms with van der Waals surface area (Å²) < 4.78 is 41.7. The molecule has 4 rings (SSSR count). The minimum absolute atomic E-state index is 0.0221. The molecule has 2 aromatic heterocycles. The smallest absolute Gasteiger partial charge is 0.395 e. The molecule has 1 amide bonds. The molecule has 46 heavy (non-hydrogen) atoms. The Hall–Kier alpha value is -3.67. The van der Waals surface area contributed by atoms with Crippen molar-refractivity contribution in [3.63, 3.8) is 0 Å². The summed E-state index contributed by atoms with van der Waals surface area (Å²) in [5.41, 5.74) is 8.67. The average molecular weight is 644 g/mol. The van der Waals surface area contributed by atoms with Crippen LogP contribution in [-0.4, -0.2) is 100 Å². The molecule has 3 heterocycles. The SMILES string of the molecule is CC(C)(N)c1ccc(NCC#Cc2cc3cc(CNC4CCN(C(=O)CN(CCO)CCO)CC4)ccc3n2CC(F)(F)F)cn1. The van der Waals surface area contributed by atoms with E-state index in [1.807, 2.05) is 43.0 Å². The molecule has 10 nitrogen and oxygen atoms in total. The Morgan fingerprint density at radius 3 is 2.43 bits per heavy atom. The number of likely N-dealkylation sites (tertiary alicyclic amines) is 1. The molecule has 0 aliphatic carbocycles. The monoisotopic (exact) mass is 643 g/mol. The van der Waals surface area contributed by atoms with Gasteiger partial charge in [0.25, 0.3) is 0 Å². The number of pyridine rings is 1. The number of nitrogens with zero attached hydrogens (tertiary/aromatic N) is 4. The third-order valence-corrected chi connectivity index (χ3v) is 7.96. The molecule has 6 N–H and O–H groups in total. The van der Waals surface area contributed by atoms with Crippen LogP contribution in [0.1, 0.15) is 43.6 Å². The van der Waals surface area contributed by atoms with Crippen molar-refractivity contribution in [2.45, 2.75) is 57.5 Å². The van der Waals surface area contributed by atoms with E-state index in [1.165, 1.54) is 4.57 Å². The Kier molecular flexibility index (Phi) is 12.0. The van der Waals surface area contributed by atoms with Crippen molar-refractivity contribution in [1.82, 2.24) is 24.7 Å². The van der Waals surface area contributed by atoms with Crippen LogP contribution in [0.2, 0.25) is 0 Å². The fourth-order valence-corrected chi connectivity index (χ4v) is 5.48. The van der Waals surface area contributed by atoms with Gasteiger partial charge >= 0.3 is 6.18 Å². The van der Waals surface area contributed by atoms with Crippen LogP contribution in [0.5, 0.6) is 0 Å². The molecular weight excluding hydrogens is 599 g/mol. The summed E-state index contributed by atoms with van der Waals surface area (Å²) in [7, 11) is 0. The predicted molar refractivity (Wildman–Crippen MR) is 172 cm³/mol. The van der Waals surface area contributed by atoms with E-state index in [0.29, 0.717) is 43.6 Å². The molecule has 0 spiro atoms.